The Morgan fingerprint density at radius 1 is 1.28 bits per heavy atom. The number of halogens is 1. The molecule has 1 rings (SSSR count). The highest BCUT2D eigenvalue weighted by atomic mass is 19.1. The van der Waals surface area contributed by atoms with Crippen LogP contribution < -0.4 is 0 Å². The molecule has 0 atom stereocenters. The number of hydrogen-bond acceptors (Lipinski definition) is 2. The molecule has 0 aliphatic carbocycles. The van der Waals surface area contributed by atoms with Gasteiger partial charge in [-0.15, -0.1) is 0 Å². The summed E-state index contributed by atoms with van der Waals surface area (Å²) in [5.74, 6) is -0.363. The molecule has 18 heavy (non-hydrogen) atoms. The van der Waals surface area contributed by atoms with E-state index in [1.807, 2.05) is 20.8 Å². The lowest BCUT2D eigenvalue weighted by atomic mass is 10.2. The van der Waals surface area contributed by atoms with Gasteiger partial charge in [-0.3, -0.25) is 4.79 Å². The molecule has 0 fully saturated rings. The van der Waals surface area contributed by atoms with E-state index in [9.17, 15) is 9.18 Å². The summed E-state index contributed by atoms with van der Waals surface area (Å²) in [5, 5.41) is 0. The topological polar surface area (TPSA) is 29.5 Å². The molecule has 0 aromatic heterocycles. The molecular formula is C14H20FNO2. The van der Waals surface area contributed by atoms with Crippen LogP contribution in [0.1, 0.15) is 26.3 Å². The largest absolute Gasteiger partial charge is 0.366 e. The first kappa shape index (κ1) is 14.6. The molecule has 0 aliphatic heterocycles. The number of hydrogen-bond donors (Lipinski definition) is 0. The average Bonchev–Trinajstić information content (AvgIpc) is 2.28. The average molecular weight is 253 g/mol. The van der Waals surface area contributed by atoms with Crippen molar-refractivity contribution in [3.05, 3.63) is 35.6 Å². The van der Waals surface area contributed by atoms with Crippen molar-refractivity contribution >= 4 is 5.91 Å². The molecule has 100 valence electrons. The van der Waals surface area contributed by atoms with Crippen molar-refractivity contribution in [2.24, 2.45) is 0 Å². The molecule has 0 spiro atoms. The summed E-state index contributed by atoms with van der Waals surface area (Å²) >= 11 is 0. The van der Waals surface area contributed by atoms with E-state index in [1.54, 1.807) is 24.1 Å². The van der Waals surface area contributed by atoms with Crippen molar-refractivity contribution in [3.8, 4) is 0 Å². The van der Waals surface area contributed by atoms with E-state index >= 15 is 0 Å². The molecule has 0 saturated heterocycles. The third-order valence-corrected chi connectivity index (χ3v) is 2.39. The molecule has 0 radical (unpaired) electrons. The molecule has 0 aliphatic rings. The third-order valence-electron chi connectivity index (χ3n) is 2.39. The van der Waals surface area contributed by atoms with Crippen LogP contribution in [0.2, 0.25) is 0 Å². The lowest BCUT2D eigenvalue weighted by molar-refractivity contribution is -0.140. The summed E-state index contributed by atoms with van der Waals surface area (Å²) < 4.78 is 18.2. The molecule has 1 aromatic rings. The van der Waals surface area contributed by atoms with Crippen LogP contribution in [-0.2, 0) is 16.1 Å². The number of carbonyl (C=O) groups excluding carboxylic acids is 1. The van der Waals surface area contributed by atoms with E-state index in [4.69, 9.17) is 4.74 Å². The van der Waals surface area contributed by atoms with Gasteiger partial charge in [0.15, 0.2) is 0 Å². The van der Waals surface area contributed by atoms with Crippen LogP contribution in [0.5, 0.6) is 0 Å². The van der Waals surface area contributed by atoms with Crippen molar-refractivity contribution in [1.82, 2.24) is 4.90 Å². The Balaban J connectivity index is 2.47. The maximum Gasteiger partial charge on any atom is 0.248 e. The predicted octanol–water partition coefficient (Wildman–Crippen LogP) is 2.60. The van der Waals surface area contributed by atoms with E-state index in [1.165, 1.54) is 12.1 Å². The number of amides is 1. The predicted molar refractivity (Wildman–Crippen MR) is 68.6 cm³/mol. The minimum atomic E-state index is -0.327. The summed E-state index contributed by atoms with van der Waals surface area (Å²) in [4.78, 5) is 13.4. The van der Waals surface area contributed by atoms with Crippen LogP contribution >= 0.6 is 0 Å². The number of nitrogens with zero attached hydrogens (tertiary/aromatic N) is 1. The Kier molecular flexibility index (Phi) is 4.84. The molecule has 0 bridgehead atoms. The van der Waals surface area contributed by atoms with Gasteiger partial charge in [-0.25, -0.2) is 4.39 Å². The third kappa shape index (κ3) is 5.27. The van der Waals surface area contributed by atoms with E-state index in [-0.39, 0.29) is 23.9 Å². The van der Waals surface area contributed by atoms with Crippen LogP contribution in [0, 0.1) is 5.82 Å². The highest BCUT2D eigenvalue weighted by molar-refractivity contribution is 5.77. The maximum absolute atomic E-state index is 12.7. The van der Waals surface area contributed by atoms with Gasteiger partial charge in [0, 0.05) is 13.6 Å². The number of likely N-dealkylation sites (N-methyl/N-ethyl adjacent to an activating group) is 1. The van der Waals surface area contributed by atoms with Gasteiger partial charge < -0.3 is 9.64 Å². The van der Waals surface area contributed by atoms with Crippen LogP contribution in [0.3, 0.4) is 0 Å². The summed E-state index contributed by atoms with van der Waals surface area (Å²) in [5.41, 5.74) is 0.565. The Bertz CT molecular complexity index is 395. The van der Waals surface area contributed by atoms with E-state index < -0.39 is 0 Å². The van der Waals surface area contributed by atoms with Crippen LogP contribution in [0.25, 0.3) is 0 Å². The first-order valence-corrected chi connectivity index (χ1v) is 5.90. The summed E-state index contributed by atoms with van der Waals surface area (Å²) in [6.45, 7) is 6.22. The molecule has 3 nitrogen and oxygen atoms in total. The van der Waals surface area contributed by atoms with Gasteiger partial charge in [0.1, 0.15) is 12.4 Å². The van der Waals surface area contributed by atoms with Gasteiger partial charge in [-0.1, -0.05) is 12.1 Å². The van der Waals surface area contributed by atoms with Crippen molar-refractivity contribution in [2.75, 3.05) is 13.7 Å². The van der Waals surface area contributed by atoms with E-state index in [2.05, 4.69) is 0 Å². The van der Waals surface area contributed by atoms with Crippen molar-refractivity contribution < 1.29 is 13.9 Å². The monoisotopic (exact) mass is 253 g/mol. The fourth-order valence-electron chi connectivity index (χ4n) is 1.34. The Morgan fingerprint density at radius 2 is 1.83 bits per heavy atom. The molecule has 1 amide bonds. The Morgan fingerprint density at radius 3 is 2.33 bits per heavy atom. The molecule has 0 heterocycles. The SMILES string of the molecule is CN(Cc1ccc(F)cc1)C(=O)COC(C)(C)C. The maximum atomic E-state index is 12.7. The molecular weight excluding hydrogens is 233 g/mol. The lowest BCUT2D eigenvalue weighted by Gasteiger charge is -2.22. The molecule has 0 saturated carbocycles. The lowest BCUT2D eigenvalue weighted by Crippen LogP contribution is -2.33. The molecule has 4 heteroatoms. The smallest absolute Gasteiger partial charge is 0.248 e. The van der Waals surface area contributed by atoms with Gasteiger partial charge in [0.25, 0.3) is 0 Å². The second kappa shape index (κ2) is 5.96. The summed E-state index contributed by atoms with van der Waals surface area (Å²) in [7, 11) is 1.71. The molecule has 0 unspecified atom stereocenters. The van der Waals surface area contributed by atoms with Crippen LogP contribution in [-0.4, -0.2) is 30.1 Å². The highest BCUT2D eigenvalue weighted by Crippen LogP contribution is 2.09. The van der Waals surface area contributed by atoms with Gasteiger partial charge in [-0.05, 0) is 38.5 Å². The van der Waals surface area contributed by atoms with Crippen LogP contribution in [0.4, 0.5) is 4.39 Å². The van der Waals surface area contributed by atoms with Crippen molar-refractivity contribution in [1.29, 1.82) is 0 Å². The minimum Gasteiger partial charge on any atom is -0.366 e. The van der Waals surface area contributed by atoms with Gasteiger partial charge >= 0.3 is 0 Å². The first-order chi connectivity index (χ1) is 8.28. The van der Waals surface area contributed by atoms with Gasteiger partial charge in [0.2, 0.25) is 5.91 Å². The second-order valence-electron chi connectivity index (χ2n) is 5.28. The van der Waals surface area contributed by atoms with Crippen molar-refractivity contribution in [3.63, 3.8) is 0 Å². The zero-order chi connectivity index (χ0) is 13.8. The molecule has 0 N–H and O–H groups in total. The van der Waals surface area contributed by atoms with E-state index in [0.717, 1.165) is 5.56 Å². The van der Waals surface area contributed by atoms with Gasteiger partial charge in [0.05, 0.1) is 5.60 Å². The highest BCUT2D eigenvalue weighted by Gasteiger charge is 2.15. The van der Waals surface area contributed by atoms with Crippen molar-refractivity contribution in [2.45, 2.75) is 32.9 Å². The first-order valence-electron chi connectivity index (χ1n) is 5.90. The fraction of sp³-hybridized carbons (Fsp3) is 0.500. The summed E-state index contributed by atoms with van der Waals surface area (Å²) in [6.07, 6.45) is 0. The molecule has 1 aromatic carbocycles. The minimum absolute atomic E-state index is 0.0567. The fourth-order valence-corrected chi connectivity index (χ4v) is 1.34. The number of benzene rings is 1. The number of ether oxygens (including phenoxy) is 1. The normalized spacial score (nSPS) is 11.4. The van der Waals surface area contributed by atoms with Gasteiger partial charge in [-0.2, -0.15) is 0 Å². The quantitative estimate of drug-likeness (QED) is 0.825. The van der Waals surface area contributed by atoms with E-state index in [0.29, 0.717) is 6.54 Å². The zero-order valence-electron chi connectivity index (χ0n) is 11.4. The number of carbonyl (C=O) groups is 1. The number of rotatable bonds is 4. The standard InChI is InChI=1S/C14H20FNO2/c1-14(2,3)18-10-13(17)16(4)9-11-5-7-12(15)8-6-11/h5-8H,9-10H2,1-4H3. The van der Waals surface area contributed by atoms with Crippen LogP contribution in [0.15, 0.2) is 24.3 Å². The Labute approximate surface area is 108 Å². The zero-order valence-corrected chi connectivity index (χ0v) is 11.4. The summed E-state index contributed by atoms with van der Waals surface area (Å²) in [6, 6.07) is 6.12. The Hall–Kier alpha value is -1.42. The second-order valence-corrected chi connectivity index (χ2v) is 5.28.